The van der Waals surface area contributed by atoms with Crippen LogP contribution in [0.5, 0.6) is 0 Å². The molecule has 0 unspecified atom stereocenters. The summed E-state index contributed by atoms with van der Waals surface area (Å²) in [5.74, 6) is 0. The highest BCUT2D eigenvalue weighted by atomic mass is 16.1. The lowest BCUT2D eigenvalue weighted by atomic mass is 10.2. The smallest absolute Gasteiger partial charge is 0.233 e. The molecule has 2 nitrogen and oxygen atoms in total. The summed E-state index contributed by atoms with van der Waals surface area (Å²) in [7, 11) is 2.01. The van der Waals surface area contributed by atoms with E-state index in [0.29, 0.717) is 5.56 Å². The minimum absolute atomic E-state index is 0.600. The van der Waals surface area contributed by atoms with Crippen LogP contribution in [0.25, 0.3) is 0 Å². The Bertz CT molecular complexity index is 253. The summed E-state index contributed by atoms with van der Waals surface area (Å²) in [6, 6.07) is 7.39. The molecule has 0 bridgehead atoms. The van der Waals surface area contributed by atoms with Gasteiger partial charge in [-0.2, -0.15) is 0 Å². The van der Waals surface area contributed by atoms with E-state index >= 15 is 0 Å². The second-order valence-electron chi connectivity index (χ2n) is 2.66. The summed E-state index contributed by atoms with van der Waals surface area (Å²) in [5, 5.41) is 0. The lowest BCUT2D eigenvalue weighted by Crippen LogP contribution is -2.15. The minimum atomic E-state index is 0.600. The van der Waals surface area contributed by atoms with E-state index < -0.39 is 0 Å². The molecule has 1 aromatic carbocycles. The van der Waals surface area contributed by atoms with Crippen molar-refractivity contribution in [3.8, 4) is 0 Å². The predicted molar refractivity (Wildman–Crippen MR) is 50.2 cm³/mol. The maximum Gasteiger partial charge on any atom is 0.233 e. The van der Waals surface area contributed by atoms with Crippen molar-refractivity contribution in [3.63, 3.8) is 0 Å². The molecule has 1 aromatic rings. The molecule has 12 heavy (non-hydrogen) atoms. The van der Waals surface area contributed by atoms with Crippen molar-refractivity contribution < 1.29 is 4.79 Å². The Hall–Kier alpha value is -1.31. The fourth-order valence-electron chi connectivity index (χ4n) is 0.967. The molecule has 0 fully saturated rings. The molecule has 0 aromatic heterocycles. The molecule has 0 atom stereocenters. The summed E-state index contributed by atoms with van der Waals surface area (Å²) in [6.45, 7) is 3.05. The molecule has 0 N–H and O–H groups in total. The number of anilines is 1. The first kappa shape index (κ1) is 8.78. The zero-order valence-corrected chi connectivity index (χ0v) is 7.37. The van der Waals surface area contributed by atoms with E-state index in [1.807, 2.05) is 25.5 Å². The topological polar surface area (TPSA) is 20.3 Å². The van der Waals surface area contributed by atoms with Gasteiger partial charge in [-0.1, -0.05) is 0 Å². The van der Waals surface area contributed by atoms with Crippen LogP contribution in [-0.4, -0.2) is 19.9 Å². The van der Waals surface area contributed by atoms with Crippen LogP contribution in [-0.2, 0) is 4.79 Å². The van der Waals surface area contributed by atoms with E-state index in [2.05, 4.69) is 11.8 Å². The average molecular weight is 162 g/mol. The number of hydrogen-bond acceptors (Lipinski definition) is 2. The highest BCUT2D eigenvalue weighted by Crippen LogP contribution is 2.11. The van der Waals surface area contributed by atoms with Crippen LogP contribution in [0.15, 0.2) is 24.3 Å². The fourth-order valence-corrected chi connectivity index (χ4v) is 0.967. The Morgan fingerprint density at radius 3 is 2.33 bits per heavy atom. The molecule has 0 heterocycles. The Labute approximate surface area is 72.8 Å². The molecule has 0 aliphatic rings. The van der Waals surface area contributed by atoms with E-state index in [0.717, 1.165) is 12.2 Å². The van der Waals surface area contributed by atoms with Crippen LogP contribution in [0.1, 0.15) is 12.5 Å². The maximum atomic E-state index is 10.2. The summed E-state index contributed by atoms with van der Waals surface area (Å²) in [6.07, 6.45) is 1.84. The van der Waals surface area contributed by atoms with Crippen molar-refractivity contribution in [2.75, 3.05) is 18.5 Å². The Balaban J connectivity index is 2.84. The van der Waals surface area contributed by atoms with Gasteiger partial charge in [0.25, 0.3) is 0 Å². The number of carbonyl (C=O) groups excluding carboxylic acids is 1. The first-order valence-corrected chi connectivity index (χ1v) is 3.97. The zero-order valence-electron chi connectivity index (χ0n) is 7.37. The Kier molecular flexibility index (Phi) is 2.86. The molecule has 1 rings (SSSR count). The fraction of sp³-hybridized carbons (Fsp3) is 0.300. The van der Waals surface area contributed by atoms with Gasteiger partial charge < -0.3 is 4.90 Å². The third kappa shape index (κ3) is 1.84. The first-order valence-electron chi connectivity index (χ1n) is 3.97. The van der Waals surface area contributed by atoms with E-state index in [9.17, 15) is 4.79 Å². The molecule has 0 aliphatic heterocycles. The van der Waals surface area contributed by atoms with Crippen LogP contribution >= 0.6 is 0 Å². The average Bonchev–Trinajstić information content (AvgIpc) is 2.17. The zero-order chi connectivity index (χ0) is 8.97. The third-order valence-corrected chi connectivity index (χ3v) is 1.90. The molecule has 0 spiro atoms. The number of rotatable bonds is 3. The van der Waals surface area contributed by atoms with E-state index in [1.54, 1.807) is 12.1 Å². The highest BCUT2D eigenvalue weighted by Gasteiger charge is 1.96. The SMILES string of the molecule is CCN(C)c1ccc([C]=O)cc1. The van der Waals surface area contributed by atoms with Gasteiger partial charge in [0.05, 0.1) is 0 Å². The molecule has 0 aliphatic carbocycles. The van der Waals surface area contributed by atoms with Gasteiger partial charge >= 0.3 is 0 Å². The van der Waals surface area contributed by atoms with Crippen molar-refractivity contribution >= 4 is 12.0 Å². The van der Waals surface area contributed by atoms with Crippen LogP contribution in [0.3, 0.4) is 0 Å². The van der Waals surface area contributed by atoms with E-state index in [4.69, 9.17) is 0 Å². The van der Waals surface area contributed by atoms with Crippen molar-refractivity contribution in [1.82, 2.24) is 0 Å². The maximum absolute atomic E-state index is 10.2. The van der Waals surface area contributed by atoms with Gasteiger partial charge in [-0.15, -0.1) is 0 Å². The van der Waals surface area contributed by atoms with Crippen LogP contribution in [0.4, 0.5) is 5.69 Å². The molecular weight excluding hydrogens is 150 g/mol. The molecule has 0 amide bonds. The molecule has 1 radical (unpaired) electrons. The lowest BCUT2D eigenvalue weighted by Gasteiger charge is -2.16. The number of nitrogens with zero attached hydrogens (tertiary/aromatic N) is 1. The summed E-state index contributed by atoms with van der Waals surface area (Å²) >= 11 is 0. The van der Waals surface area contributed by atoms with Gasteiger partial charge in [0, 0.05) is 24.8 Å². The first-order chi connectivity index (χ1) is 5.77. The summed E-state index contributed by atoms with van der Waals surface area (Å²) in [5.41, 5.74) is 1.72. The second kappa shape index (κ2) is 3.90. The highest BCUT2D eigenvalue weighted by molar-refractivity contribution is 5.76. The monoisotopic (exact) mass is 162 g/mol. The molecule has 0 saturated heterocycles. The van der Waals surface area contributed by atoms with Gasteiger partial charge in [-0.25, -0.2) is 0 Å². The Morgan fingerprint density at radius 2 is 1.92 bits per heavy atom. The molecule has 63 valence electrons. The largest absolute Gasteiger partial charge is 0.375 e. The van der Waals surface area contributed by atoms with E-state index in [1.165, 1.54) is 0 Å². The summed E-state index contributed by atoms with van der Waals surface area (Å²) < 4.78 is 0. The standard InChI is InChI=1S/C10H12NO/c1-3-11(2)10-6-4-9(8-12)5-7-10/h4-7H,3H2,1-2H3. The van der Waals surface area contributed by atoms with Gasteiger partial charge in [0.1, 0.15) is 0 Å². The second-order valence-corrected chi connectivity index (χ2v) is 2.66. The number of hydrogen-bond donors (Lipinski definition) is 0. The van der Waals surface area contributed by atoms with Crippen molar-refractivity contribution in [1.29, 1.82) is 0 Å². The minimum Gasteiger partial charge on any atom is -0.375 e. The molecular formula is C10H12NO. The number of benzene rings is 1. The van der Waals surface area contributed by atoms with Crippen molar-refractivity contribution in [3.05, 3.63) is 29.8 Å². The molecule has 0 saturated carbocycles. The molecule has 2 heteroatoms. The van der Waals surface area contributed by atoms with Gasteiger partial charge in [0.15, 0.2) is 0 Å². The van der Waals surface area contributed by atoms with Gasteiger partial charge in [-0.05, 0) is 31.2 Å². The lowest BCUT2D eigenvalue weighted by molar-refractivity contribution is 0.563. The Morgan fingerprint density at radius 1 is 1.33 bits per heavy atom. The van der Waals surface area contributed by atoms with Crippen LogP contribution in [0, 0.1) is 0 Å². The van der Waals surface area contributed by atoms with Crippen LogP contribution < -0.4 is 4.90 Å². The normalized spacial score (nSPS) is 9.50. The van der Waals surface area contributed by atoms with E-state index in [-0.39, 0.29) is 0 Å². The van der Waals surface area contributed by atoms with Crippen molar-refractivity contribution in [2.24, 2.45) is 0 Å². The third-order valence-electron chi connectivity index (χ3n) is 1.90. The van der Waals surface area contributed by atoms with Gasteiger partial charge in [-0.3, -0.25) is 4.79 Å². The quantitative estimate of drug-likeness (QED) is 0.672. The van der Waals surface area contributed by atoms with Crippen LogP contribution in [0.2, 0.25) is 0 Å². The predicted octanol–water partition coefficient (Wildman–Crippen LogP) is 1.60. The van der Waals surface area contributed by atoms with Crippen molar-refractivity contribution in [2.45, 2.75) is 6.92 Å². The summed E-state index contributed by atoms with van der Waals surface area (Å²) in [4.78, 5) is 12.3. The van der Waals surface area contributed by atoms with Gasteiger partial charge in [0.2, 0.25) is 6.29 Å².